The summed E-state index contributed by atoms with van der Waals surface area (Å²) in [5.74, 6) is -0.214. The minimum Gasteiger partial charge on any atom is -0.381 e. The van der Waals surface area contributed by atoms with Crippen molar-refractivity contribution in [1.82, 2.24) is 5.48 Å². The van der Waals surface area contributed by atoms with Crippen LogP contribution in [-0.4, -0.2) is 25.2 Å². The maximum absolute atomic E-state index is 10.9. The second kappa shape index (κ2) is 5.72. The van der Waals surface area contributed by atoms with E-state index in [1.54, 1.807) is 13.0 Å². The molecular weight excluding hydrogens is 170 g/mol. The van der Waals surface area contributed by atoms with Gasteiger partial charge in [0.2, 0.25) is 0 Å². The van der Waals surface area contributed by atoms with Crippen LogP contribution in [0, 0.1) is 0 Å². The zero-order valence-electron chi connectivity index (χ0n) is 7.79. The van der Waals surface area contributed by atoms with Crippen molar-refractivity contribution in [2.24, 2.45) is 0 Å². The van der Waals surface area contributed by atoms with E-state index in [4.69, 9.17) is 9.57 Å². The quantitative estimate of drug-likeness (QED) is 0.522. The Morgan fingerprint density at radius 1 is 1.54 bits per heavy atom. The van der Waals surface area contributed by atoms with Crippen molar-refractivity contribution in [3.8, 4) is 0 Å². The molecule has 4 heteroatoms. The van der Waals surface area contributed by atoms with Gasteiger partial charge >= 0.3 is 0 Å². The van der Waals surface area contributed by atoms with Crippen molar-refractivity contribution in [3.63, 3.8) is 0 Å². The van der Waals surface area contributed by atoms with Gasteiger partial charge in [0.25, 0.3) is 5.91 Å². The Morgan fingerprint density at radius 3 is 2.85 bits per heavy atom. The standard InChI is InChI=1S/C9H15NO3/c1-2-3-9(11)10-13-8-4-6-12-7-5-8/h2-3,8H,4-7H2,1H3,(H,10,11). The second-order valence-corrected chi connectivity index (χ2v) is 2.90. The van der Waals surface area contributed by atoms with Gasteiger partial charge in [0, 0.05) is 19.3 Å². The lowest BCUT2D eigenvalue weighted by Gasteiger charge is -2.21. The molecular formula is C9H15NO3. The fourth-order valence-electron chi connectivity index (χ4n) is 1.12. The van der Waals surface area contributed by atoms with Crippen molar-refractivity contribution in [2.45, 2.75) is 25.9 Å². The van der Waals surface area contributed by atoms with Crippen LogP contribution in [0.15, 0.2) is 12.2 Å². The van der Waals surface area contributed by atoms with Crippen LogP contribution in [0.1, 0.15) is 19.8 Å². The summed E-state index contributed by atoms with van der Waals surface area (Å²) in [6.07, 6.45) is 4.89. The zero-order valence-corrected chi connectivity index (χ0v) is 7.79. The highest BCUT2D eigenvalue weighted by Crippen LogP contribution is 2.08. The number of ether oxygens (including phenoxy) is 1. The van der Waals surface area contributed by atoms with Gasteiger partial charge in [-0.15, -0.1) is 0 Å². The van der Waals surface area contributed by atoms with Crippen LogP contribution in [0.4, 0.5) is 0 Å². The third kappa shape index (κ3) is 4.05. The lowest BCUT2D eigenvalue weighted by molar-refractivity contribution is -0.138. The number of rotatable bonds is 3. The molecule has 0 radical (unpaired) electrons. The van der Waals surface area contributed by atoms with Crippen LogP contribution >= 0.6 is 0 Å². The summed E-state index contributed by atoms with van der Waals surface area (Å²) in [6.45, 7) is 3.21. The van der Waals surface area contributed by atoms with Crippen molar-refractivity contribution >= 4 is 5.91 Å². The number of allylic oxidation sites excluding steroid dienone is 1. The highest BCUT2D eigenvalue weighted by molar-refractivity contribution is 5.86. The molecule has 0 bridgehead atoms. The molecule has 0 spiro atoms. The number of amides is 1. The molecule has 0 aromatic rings. The van der Waals surface area contributed by atoms with Crippen LogP contribution < -0.4 is 5.48 Å². The predicted octanol–water partition coefficient (Wildman–Crippen LogP) is 0.789. The van der Waals surface area contributed by atoms with Gasteiger partial charge in [-0.2, -0.15) is 0 Å². The molecule has 1 amide bonds. The Hall–Kier alpha value is -0.870. The Morgan fingerprint density at radius 2 is 2.23 bits per heavy atom. The van der Waals surface area contributed by atoms with E-state index in [9.17, 15) is 4.79 Å². The number of hydrogen-bond acceptors (Lipinski definition) is 3. The Bertz CT molecular complexity index is 185. The maximum atomic E-state index is 10.9. The Kier molecular flexibility index (Phi) is 4.49. The first-order chi connectivity index (χ1) is 6.33. The van der Waals surface area contributed by atoms with Crippen molar-refractivity contribution < 1.29 is 14.4 Å². The topological polar surface area (TPSA) is 47.6 Å². The minimum absolute atomic E-state index is 0.1000. The summed E-state index contributed by atoms with van der Waals surface area (Å²) in [5.41, 5.74) is 2.37. The van der Waals surface area contributed by atoms with Crippen LogP contribution in [-0.2, 0) is 14.4 Å². The lowest BCUT2D eigenvalue weighted by Crippen LogP contribution is -2.32. The van der Waals surface area contributed by atoms with Crippen molar-refractivity contribution in [2.75, 3.05) is 13.2 Å². The van der Waals surface area contributed by atoms with Gasteiger partial charge in [0.1, 0.15) is 0 Å². The monoisotopic (exact) mass is 185 g/mol. The number of carbonyl (C=O) groups is 1. The summed E-state index contributed by atoms with van der Waals surface area (Å²) in [5, 5.41) is 0. The summed E-state index contributed by atoms with van der Waals surface area (Å²) in [6, 6.07) is 0. The molecule has 1 N–H and O–H groups in total. The fourth-order valence-corrected chi connectivity index (χ4v) is 1.12. The van der Waals surface area contributed by atoms with Gasteiger partial charge < -0.3 is 4.74 Å². The van der Waals surface area contributed by atoms with Crippen LogP contribution in [0.3, 0.4) is 0 Å². The van der Waals surface area contributed by atoms with Gasteiger partial charge in [-0.3, -0.25) is 9.63 Å². The molecule has 1 saturated heterocycles. The fraction of sp³-hybridized carbons (Fsp3) is 0.667. The summed E-state index contributed by atoms with van der Waals surface area (Å²) >= 11 is 0. The molecule has 0 saturated carbocycles. The van der Waals surface area contributed by atoms with E-state index >= 15 is 0 Å². The molecule has 0 atom stereocenters. The molecule has 13 heavy (non-hydrogen) atoms. The summed E-state index contributed by atoms with van der Waals surface area (Å²) in [7, 11) is 0. The van der Waals surface area contributed by atoms with E-state index in [-0.39, 0.29) is 12.0 Å². The minimum atomic E-state index is -0.214. The smallest absolute Gasteiger partial charge is 0.267 e. The molecule has 1 aliphatic rings. The number of nitrogens with one attached hydrogen (secondary N) is 1. The highest BCUT2D eigenvalue weighted by Gasteiger charge is 2.14. The molecule has 0 aromatic carbocycles. The maximum Gasteiger partial charge on any atom is 0.267 e. The highest BCUT2D eigenvalue weighted by atomic mass is 16.7. The first kappa shape index (κ1) is 10.2. The second-order valence-electron chi connectivity index (χ2n) is 2.90. The van der Waals surface area contributed by atoms with E-state index in [0.29, 0.717) is 13.2 Å². The number of hydroxylamine groups is 1. The normalized spacial score (nSPS) is 19.2. The number of carbonyl (C=O) groups excluding carboxylic acids is 1. The van der Waals surface area contributed by atoms with E-state index in [1.165, 1.54) is 6.08 Å². The molecule has 0 unspecified atom stereocenters. The molecule has 1 heterocycles. The molecule has 0 aromatic heterocycles. The third-order valence-electron chi connectivity index (χ3n) is 1.81. The van der Waals surface area contributed by atoms with Gasteiger partial charge in [-0.1, -0.05) is 6.08 Å². The molecule has 0 aliphatic carbocycles. The van der Waals surface area contributed by atoms with E-state index < -0.39 is 0 Å². The van der Waals surface area contributed by atoms with Crippen LogP contribution in [0.2, 0.25) is 0 Å². The first-order valence-electron chi connectivity index (χ1n) is 4.49. The Labute approximate surface area is 77.9 Å². The van der Waals surface area contributed by atoms with E-state index in [1.807, 2.05) is 0 Å². The predicted molar refractivity (Wildman–Crippen MR) is 47.9 cm³/mol. The van der Waals surface area contributed by atoms with E-state index in [0.717, 1.165) is 12.8 Å². The summed E-state index contributed by atoms with van der Waals surface area (Å²) in [4.78, 5) is 16.1. The first-order valence-corrected chi connectivity index (χ1v) is 4.49. The number of hydrogen-bond donors (Lipinski definition) is 1. The van der Waals surface area contributed by atoms with Gasteiger partial charge in [-0.05, 0) is 19.8 Å². The SMILES string of the molecule is CC=CC(=O)NOC1CCOCC1. The zero-order chi connectivity index (χ0) is 9.52. The third-order valence-corrected chi connectivity index (χ3v) is 1.81. The summed E-state index contributed by atoms with van der Waals surface area (Å²) < 4.78 is 5.15. The van der Waals surface area contributed by atoms with Crippen molar-refractivity contribution in [1.29, 1.82) is 0 Å². The average molecular weight is 185 g/mol. The van der Waals surface area contributed by atoms with E-state index in [2.05, 4.69) is 5.48 Å². The van der Waals surface area contributed by atoms with Crippen LogP contribution in [0.25, 0.3) is 0 Å². The molecule has 74 valence electrons. The molecule has 4 nitrogen and oxygen atoms in total. The largest absolute Gasteiger partial charge is 0.381 e. The van der Waals surface area contributed by atoms with Gasteiger partial charge in [0.15, 0.2) is 0 Å². The van der Waals surface area contributed by atoms with Crippen LogP contribution in [0.5, 0.6) is 0 Å². The average Bonchev–Trinajstić information content (AvgIpc) is 2.17. The van der Waals surface area contributed by atoms with Gasteiger partial charge in [-0.25, -0.2) is 5.48 Å². The molecule has 1 aliphatic heterocycles. The van der Waals surface area contributed by atoms with Gasteiger partial charge in [0.05, 0.1) is 6.10 Å². The Balaban J connectivity index is 2.13. The molecule has 1 rings (SSSR count). The lowest BCUT2D eigenvalue weighted by atomic mass is 10.2. The molecule has 1 fully saturated rings. The van der Waals surface area contributed by atoms with Crippen molar-refractivity contribution in [3.05, 3.63) is 12.2 Å².